The molecule has 192 valence electrons. The average Bonchev–Trinajstić information content (AvgIpc) is 2.89. The Morgan fingerprint density at radius 1 is 0.919 bits per heavy atom. The maximum Gasteiger partial charge on any atom is 0.242 e. The highest BCUT2D eigenvalue weighted by Gasteiger charge is 2.32. The quantitative estimate of drug-likeness (QED) is 0.488. The van der Waals surface area contributed by atoms with Gasteiger partial charge in [-0.05, 0) is 49.6 Å². The second-order valence-corrected chi connectivity index (χ2v) is 9.96. The highest BCUT2D eigenvalue weighted by molar-refractivity contribution is 5.86. The van der Waals surface area contributed by atoms with E-state index >= 15 is 0 Å². The van der Waals surface area contributed by atoms with Crippen LogP contribution in [0.1, 0.15) is 30.4 Å². The van der Waals surface area contributed by atoms with Crippen molar-refractivity contribution in [3.63, 3.8) is 0 Å². The van der Waals surface area contributed by atoms with Gasteiger partial charge in [0.1, 0.15) is 12.4 Å². The number of amides is 2. The molecular weight excluding hydrogens is 469 g/mol. The van der Waals surface area contributed by atoms with Crippen molar-refractivity contribution in [2.75, 3.05) is 37.6 Å². The van der Waals surface area contributed by atoms with Gasteiger partial charge in [0.25, 0.3) is 0 Å². The van der Waals surface area contributed by atoms with Gasteiger partial charge >= 0.3 is 0 Å². The topological polar surface area (TPSA) is 69.6 Å². The zero-order valence-corrected chi connectivity index (χ0v) is 21.1. The number of aromatic nitrogens is 2. The fourth-order valence-electron chi connectivity index (χ4n) is 4.76. The van der Waals surface area contributed by atoms with E-state index in [1.165, 1.54) is 17.7 Å². The lowest BCUT2D eigenvalue weighted by molar-refractivity contribution is -0.145. The van der Waals surface area contributed by atoms with Gasteiger partial charge in [-0.15, -0.1) is 10.2 Å². The van der Waals surface area contributed by atoms with Crippen LogP contribution in [-0.2, 0) is 16.1 Å². The number of aryl methyl sites for hydroxylation is 1. The Hall–Kier alpha value is -3.81. The van der Waals surface area contributed by atoms with Gasteiger partial charge in [0.2, 0.25) is 11.8 Å². The van der Waals surface area contributed by atoms with E-state index in [2.05, 4.69) is 34.2 Å². The molecule has 37 heavy (non-hydrogen) atoms. The molecule has 5 rings (SSSR count). The summed E-state index contributed by atoms with van der Waals surface area (Å²) in [5, 5.41) is 8.83. The van der Waals surface area contributed by atoms with Gasteiger partial charge in [0.15, 0.2) is 5.82 Å². The molecular formula is C29H32FN5O2. The first-order valence-corrected chi connectivity index (χ1v) is 12.9. The fraction of sp³-hybridized carbons (Fsp3) is 0.379. The zero-order valence-electron chi connectivity index (χ0n) is 21.1. The van der Waals surface area contributed by atoms with Crippen molar-refractivity contribution in [3.8, 4) is 11.3 Å². The minimum absolute atomic E-state index is 0.00782. The summed E-state index contributed by atoms with van der Waals surface area (Å²) in [6.45, 7) is 4.82. The summed E-state index contributed by atoms with van der Waals surface area (Å²) >= 11 is 0. The molecule has 2 amide bonds. The number of nitrogens with zero attached hydrogens (tertiary/aromatic N) is 5. The molecule has 2 heterocycles. The minimum atomic E-state index is -0.316. The van der Waals surface area contributed by atoms with Gasteiger partial charge in [-0.25, -0.2) is 4.39 Å². The molecule has 7 nitrogen and oxygen atoms in total. The Balaban J connectivity index is 1.18. The van der Waals surface area contributed by atoms with Crippen LogP contribution in [0.2, 0.25) is 0 Å². The van der Waals surface area contributed by atoms with Crippen LogP contribution in [0.3, 0.4) is 0 Å². The molecule has 2 aliphatic rings. The highest BCUT2D eigenvalue weighted by Crippen LogP contribution is 2.29. The van der Waals surface area contributed by atoms with Crippen LogP contribution in [0, 0.1) is 18.7 Å². The Labute approximate surface area is 216 Å². The molecule has 2 aromatic carbocycles. The van der Waals surface area contributed by atoms with Crippen LogP contribution in [0.4, 0.5) is 10.2 Å². The number of hydrogen-bond donors (Lipinski definition) is 0. The molecule has 1 aliphatic carbocycles. The molecule has 3 aromatic rings. The smallest absolute Gasteiger partial charge is 0.242 e. The normalized spacial score (nSPS) is 15.8. The number of carbonyl (C=O) groups excluding carboxylic acids is 2. The number of carbonyl (C=O) groups is 2. The molecule has 2 fully saturated rings. The maximum absolute atomic E-state index is 13.3. The maximum atomic E-state index is 13.3. The Morgan fingerprint density at radius 3 is 2.22 bits per heavy atom. The van der Waals surface area contributed by atoms with Crippen LogP contribution in [0.25, 0.3) is 11.3 Å². The third-order valence-corrected chi connectivity index (χ3v) is 7.33. The van der Waals surface area contributed by atoms with Gasteiger partial charge in [0.05, 0.1) is 5.69 Å². The first-order valence-electron chi connectivity index (χ1n) is 12.9. The van der Waals surface area contributed by atoms with E-state index in [1.807, 2.05) is 29.2 Å². The molecule has 0 spiro atoms. The van der Waals surface area contributed by atoms with Gasteiger partial charge in [-0.3, -0.25) is 9.59 Å². The number of hydrogen-bond acceptors (Lipinski definition) is 5. The van der Waals surface area contributed by atoms with Crippen LogP contribution < -0.4 is 4.90 Å². The van der Waals surface area contributed by atoms with Crippen LogP contribution in [0.15, 0.2) is 60.7 Å². The van der Waals surface area contributed by atoms with Crippen LogP contribution >= 0.6 is 0 Å². The van der Waals surface area contributed by atoms with Gasteiger partial charge < -0.3 is 14.7 Å². The molecule has 0 N–H and O–H groups in total. The largest absolute Gasteiger partial charge is 0.352 e. The van der Waals surface area contributed by atoms with E-state index in [0.717, 1.165) is 41.9 Å². The summed E-state index contributed by atoms with van der Waals surface area (Å²) in [5.41, 5.74) is 3.88. The molecule has 8 heteroatoms. The van der Waals surface area contributed by atoms with E-state index in [-0.39, 0.29) is 30.1 Å². The molecule has 0 atom stereocenters. The van der Waals surface area contributed by atoms with Crippen molar-refractivity contribution in [2.45, 2.75) is 32.7 Å². The first-order chi connectivity index (χ1) is 18.0. The zero-order chi connectivity index (χ0) is 25.8. The first kappa shape index (κ1) is 24.9. The monoisotopic (exact) mass is 501 g/mol. The van der Waals surface area contributed by atoms with Crippen molar-refractivity contribution < 1.29 is 14.0 Å². The van der Waals surface area contributed by atoms with Gasteiger partial charge in [0, 0.05) is 44.2 Å². The lowest BCUT2D eigenvalue weighted by Gasteiger charge is -2.37. The molecule has 0 radical (unpaired) electrons. The highest BCUT2D eigenvalue weighted by atomic mass is 19.1. The van der Waals surface area contributed by atoms with E-state index in [1.54, 1.807) is 17.0 Å². The third kappa shape index (κ3) is 5.96. The molecule has 1 aromatic heterocycles. The summed E-state index contributed by atoms with van der Waals surface area (Å²) in [7, 11) is 0. The second kappa shape index (κ2) is 11.1. The number of rotatable bonds is 7. The standard InChI is InChI=1S/C29H32FN5O2/c1-21-5-9-23(10-6-21)26-13-14-27(32-31-26)33-15-17-34(18-16-33)28(36)20-35(29(37)24-3-2-4-24)19-22-7-11-25(30)12-8-22/h5-14,24H,2-4,15-20H2,1H3. The van der Waals surface area contributed by atoms with E-state index in [4.69, 9.17) is 0 Å². The summed E-state index contributed by atoms with van der Waals surface area (Å²) in [6, 6.07) is 18.3. The summed E-state index contributed by atoms with van der Waals surface area (Å²) in [5.74, 6) is 0.429. The van der Waals surface area contributed by atoms with Crippen LogP contribution in [-0.4, -0.2) is 64.5 Å². The summed E-state index contributed by atoms with van der Waals surface area (Å²) in [4.78, 5) is 31.8. The third-order valence-electron chi connectivity index (χ3n) is 7.33. The van der Waals surface area contributed by atoms with Crippen molar-refractivity contribution in [2.24, 2.45) is 5.92 Å². The number of piperazine rings is 1. The molecule has 0 unspecified atom stereocenters. The molecule has 1 saturated heterocycles. The molecule has 1 aliphatic heterocycles. The number of benzene rings is 2. The Bertz CT molecular complexity index is 1220. The predicted molar refractivity (Wildman–Crippen MR) is 140 cm³/mol. The van der Waals surface area contributed by atoms with Crippen LogP contribution in [0.5, 0.6) is 0 Å². The van der Waals surface area contributed by atoms with E-state index in [0.29, 0.717) is 32.7 Å². The Kier molecular flexibility index (Phi) is 7.44. The second-order valence-electron chi connectivity index (χ2n) is 9.96. The molecule has 0 bridgehead atoms. The number of anilines is 1. The van der Waals surface area contributed by atoms with E-state index < -0.39 is 0 Å². The van der Waals surface area contributed by atoms with Crippen molar-refractivity contribution in [1.29, 1.82) is 0 Å². The summed E-state index contributed by atoms with van der Waals surface area (Å²) < 4.78 is 13.3. The summed E-state index contributed by atoms with van der Waals surface area (Å²) in [6.07, 6.45) is 2.79. The fourth-order valence-corrected chi connectivity index (χ4v) is 4.76. The molecule has 1 saturated carbocycles. The SMILES string of the molecule is Cc1ccc(-c2ccc(N3CCN(C(=O)CN(Cc4ccc(F)cc4)C(=O)C4CCC4)CC3)nn2)cc1. The van der Waals surface area contributed by atoms with Gasteiger partial charge in [-0.2, -0.15) is 0 Å². The average molecular weight is 502 g/mol. The minimum Gasteiger partial charge on any atom is -0.352 e. The Morgan fingerprint density at radius 2 is 1.62 bits per heavy atom. The van der Waals surface area contributed by atoms with Crippen molar-refractivity contribution >= 4 is 17.6 Å². The van der Waals surface area contributed by atoms with E-state index in [9.17, 15) is 14.0 Å². The lowest BCUT2D eigenvalue weighted by Crippen LogP contribution is -2.52. The van der Waals surface area contributed by atoms with Crippen molar-refractivity contribution in [1.82, 2.24) is 20.0 Å². The number of halogens is 1. The van der Waals surface area contributed by atoms with Gasteiger partial charge in [-0.1, -0.05) is 48.4 Å². The van der Waals surface area contributed by atoms with Crippen molar-refractivity contribution in [3.05, 3.63) is 77.6 Å². The lowest BCUT2D eigenvalue weighted by atomic mass is 9.84. The predicted octanol–water partition coefficient (Wildman–Crippen LogP) is 4.07.